The fraction of sp³-hybridized carbons (Fsp3) is 0.368. The molecule has 1 aromatic heterocycles. The van der Waals surface area contributed by atoms with E-state index in [1.165, 1.54) is 40.4 Å². The van der Waals surface area contributed by atoms with Crippen LogP contribution in [-0.4, -0.2) is 67.9 Å². The SMILES string of the molecule is CC1(C)OCCN2C(=O)C(=O)C(C(=O)NCc3ccc(F)cc3-n3cncn3)N=C21. The average molecular weight is 414 g/mol. The molecule has 156 valence electrons. The highest BCUT2D eigenvalue weighted by Crippen LogP contribution is 2.24. The third-order valence-electron chi connectivity index (χ3n) is 4.94. The third-order valence-corrected chi connectivity index (χ3v) is 4.94. The Morgan fingerprint density at radius 3 is 2.90 bits per heavy atom. The van der Waals surface area contributed by atoms with Crippen molar-refractivity contribution < 1.29 is 23.5 Å². The normalized spacial score (nSPS) is 20.6. The van der Waals surface area contributed by atoms with Crippen LogP contribution in [0.25, 0.3) is 5.69 Å². The Balaban J connectivity index is 1.56. The summed E-state index contributed by atoms with van der Waals surface area (Å²) in [5.41, 5.74) is 0.0308. The second-order valence-corrected chi connectivity index (χ2v) is 7.37. The highest BCUT2D eigenvalue weighted by molar-refractivity contribution is 6.46. The van der Waals surface area contributed by atoms with E-state index >= 15 is 0 Å². The number of hydrogen-bond donors (Lipinski definition) is 1. The number of ether oxygens (including phenoxy) is 1. The number of aromatic nitrogens is 3. The van der Waals surface area contributed by atoms with Crippen LogP contribution in [0.1, 0.15) is 19.4 Å². The number of Topliss-reactive ketones (excluding diaryl/α,β-unsaturated/α-hetero) is 1. The van der Waals surface area contributed by atoms with E-state index in [2.05, 4.69) is 20.4 Å². The highest BCUT2D eigenvalue weighted by Gasteiger charge is 2.47. The molecule has 0 saturated carbocycles. The minimum Gasteiger partial charge on any atom is -0.366 e. The van der Waals surface area contributed by atoms with Crippen molar-refractivity contribution in [3.05, 3.63) is 42.2 Å². The number of carbonyl (C=O) groups excluding carboxylic acids is 3. The highest BCUT2D eigenvalue weighted by atomic mass is 19.1. The molecule has 0 spiro atoms. The van der Waals surface area contributed by atoms with Crippen molar-refractivity contribution >= 4 is 23.4 Å². The van der Waals surface area contributed by atoms with Gasteiger partial charge in [0.05, 0.1) is 18.8 Å². The molecule has 11 heteroatoms. The first-order chi connectivity index (χ1) is 14.3. The number of morpholine rings is 1. The van der Waals surface area contributed by atoms with Crippen LogP contribution < -0.4 is 5.32 Å². The lowest BCUT2D eigenvalue weighted by atomic mass is 9.99. The van der Waals surface area contributed by atoms with Gasteiger partial charge in [-0.2, -0.15) is 5.10 Å². The van der Waals surface area contributed by atoms with E-state index in [4.69, 9.17) is 4.74 Å². The number of rotatable bonds is 4. The molecule has 2 amide bonds. The lowest BCUT2D eigenvalue weighted by molar-refractivity contribution is -0.148. The van der Waals surface area contributed by atoms with Crippen molar-refractivity contribution in [1.29, 1.82) is 0 Å². The van der Waals surface area contributed by atoms with Gasteiger partial charge in [-0.05, 0) is 31.5 Å². The van der Waals surface area contributed by atoms with Crippen LogP contribution in [0.2, 0.25) is 0 Å². The molecule has 0 radical (unpaired) electrons. The minimum absolute atomic E-state index is 0.0270. The van der Waals surface area contributed by atoms with Gasteiger partial charge in [0.2, 0.25) is 0 Å². The van der Waals surface area contributed by atoms with Crippen LogP contribution in [0, 0.1) is 5.82 Å². The van der Waals surface area contributed by atoms with Gasteiger partial charge >= 0.3 is 0 Å². The monoisotopic (exact) mass is 414 g/mol. The maximum atomic E-state index is 13.7. The molecule has 2 aliphatic rings. The number of aliphatic imine (C=N–C) groups is 1. The summed E-state index contributed by atoms with van der Waals surface area (Å²) >= 11 is 0. The van der Waals surface area contributed by atoms with Gasteiger partial charge < -0.3 is 10.1 Å². The van der Waals surface area contributed by atoms with E-state index < -0.39 is 35.1 Å². The Hall–Kier alpha value is -3.47. The quantitative estimate of drug-likeness (QED) is 0.556. The summed E-state index contributed by atoms with van der Waals surface area (Å²) in [6.07, 6.45) is 2.70. The molecule has 3 heterocycles. The van der Waals surface area contributed by atoms with Gasteiger partial charge in [0.1, 0.15) is 29.9 Å². The number of amides is 2. The molecule has 1 unspecified atom stereocenters. The number of hydrogen-bond acceptors (Lipinski definition) is 7. The fourth-order valence-electron chi connectivity index (χ4n) is 3.43. The van der Waals surface area contributed by atoms with E-state index in [0.29, 0.717) is 11.3 Å². The molecule has 1 saturated heterocycles. The molecule has 10 nitrogen and oxygen atoms in total. The average Bonchev–Trinajstić information content (AvgIpc) is 3.24. The van der Waals surface area contributed by atoms with Crippen molar-refractivity contribution in [3.8, 4) is 5.69 Å². The van der Waals surface area contributed by atoms with E-state index in [1.54, 1.807) is 13.8 Å². The van der Waals surface area contributed by atoms with E-state index in [9.17, 15) is 18.8 Å². The summed E-state index contributed by atoms with van der Waals surface area (Å²) < 4.78 is 20.7. The number of fused-ring (bicyclic) bond motifs is 1. The maximum Gasteiger partial charge on any atom is 0.298 e. The summed E-state index contributed by atoms with van der Waals surface area (Å²) in [5, 5.41) is 6.58. The van der Waals surface area contributed by atoms with Crippen LogP contribution in [0.4, 0.5) is 4.39 Å². The van der Waals surface area contributed by atoms with Gasteiger partial charge in [-0.1, -0.05) is 6.07 Å². The molecule has 0 aliphatic carbocycles. The second kappa shape index (κ2) is 7.41. The van der Waals surface area contributed by atoms with E-state index in [0.717, 1.165) is 0 Å². The number of ketones is 1. The van der Waals surface area contributed by atoms with Gasteiger partial charge in [0.25, 0.3) is 17.6 Å². The van der Waals surface area contributed by atoms with Gasteiger partial charge in [-0.25, -0.2) is 19.0 Å². The standard InChI is InChI=1S/C19H19FN6O4/c1-19(2)18-24-14(15(27)17(29)25(18)5-6-30-19)16(28)22-8-11-3-4-12(20)7-13(11)26-10-21-9-23-26/h3-4,7,9-10,14H,5-6,8H2,1-2H3,(H,22,28). The topological polar surface area (TPSA) is 119 Å². The number of benzene rings is 1. The van der Waals surface area contributed by atoms with Crippen LogP contribution in [0.3, 0.4) is 0 Å². The number of carbonyl (C=O) groups is 3. The van der Waals surface area contributed by atoms with Gasteiger partial charge in [-0.3, -0.25) is 19.3 Å². The van der Waals surface area contributed by atoms with Gasteiger partial charge in [0.15, 0.2) is 6.04 Å². The molecule has 1 atom stereocenters. The predicted octanol–water partition coefficient (Wildman–Crippen LogP) is 0.00980. The van der Waals surface area contributed by atoms with Crippen LogP contribution in [0.5, 0.6) is 0 Å². The molecular formula is C19H19FN6O4. The first-order valence-corrected chi connectivity index (χ1v) is 9.27. The molecule has 30 heavy (non-hydrogen) atoms. The number of amidine groups is 1. The summed E-state index contributed by atoms with van der Waals surface area (Å²) in [6, 6.07) is 2.49. The van der Waals surface area contributed by atoms with Crippen molar-refractivity contribution in [3.63, 3.8) is 0 Å². The Labute approximate surface area is 170 Å². The van der Waals surface area contributed by atoms with Crippen molar-refractivity contribution in [1.82, 2.24) is 25.0 Å². The minimum atomic E-state index is -1.50. The number of halogens is 1. The van der Waals surface area contributed by atoms with Crippen molar-refractivity contribution in [2.24, 2.45) is 4.99 Å². The third kappa shape index (κ3) is 3.47. The van der Waals surface area contributed by atoms with E-state index in [1.807, 2.05) is 0 Å². The lowest BCUT2D eigenvalue weighted by Crippen LogP contribution is -2.62. The molecule has 1 aromatic carbocycles. The first kappa shape index (κ1) is 19.8. The number of nitrogens with one attached hydrogen (secondary N) is 1. The zero-order valence-electron chi connectivity index (χ0n) is 16.3. The van der Waals surface area contributed by atoms with Crippen LogP contribution in [0.15, 0.2) is 35.8 Å². The van der Waals surface area contributed by atoms with Gasteiger partial charge in [0, 0.05) is 6.54 Å². The van der Waals surface area contributed by atoms with Crippen LogP contribution in [-0.2, 0) is 25.7 Å². The summed E-state index contributed by atoms with van der Waals surface area (Å²) in [7, 11) is 0. The lowest BCUT2D eigenvalue weighted by Gasteiger charge is -2.41. The summed E-state index contributed by atoms with van der Waals surface area (Å²) in [5.74, 6) is -2.62. The Morgan fingerprint density at radius 2 is 2.17 bits per heavy atom. The summed E-state index contributed by atoms with van der Waals surface area (Å²) in [6.45, 7) is 3.90. The number of nitrogens with zero attached hydrogens (tertiary/aromatic N) is 5. The maximum absolute atomic E-state index is 13.7. The van der Waals surface area contributed by atoms with E-state index in [-0.39, 0.29) is 25.5 Å². The second-order valence-electron chi connectivity index (χ2n) is 7.37. The smallest absolute Gasteiger partial charge is 0.298 e. The zero-order chi connectivity index (χ0) is 21.5. The van der Waals surface area contributed by atoms with Crippen molar-refractivity contribution in [2.75, 3.05) is 13.2 Å². The van der Waals surface area contributed by atoms with Gasteiger partial charge in [-0.15, -0.1) is 0 Å². The Kier molecular flexibility index (Phi) is 4.90. The molecule has 1 N–H and O–H groups in total. The molecule has 0 bridgehead atoms. The van der Waals surface area contributed by atoms with Crippen LogP contribution >= 0.6 is 0 Å². The Bertz CT molecular complexity index is 1050. The Morgan fingerprint density at radius 1 is 1.37 bits per heavy atom. The zero-order valence-corrected chi connectivity index (χ0v) is 16.3. The molecule has 2 aromatic rings. The summed E-state index contributed by atoms with van der Waals surface area (Å²) in [4.78, 5) is 47.0. The molecular weight excluding hydrogens is 395 g/mol. The molecule has 1 fully saturated rings. The predicted molar refractivity (Wildman–Crippen MR) is 101 cm³/mol. The molecule has 4 rings (SSSR count). The molecule has 2 aliphatic heterocycles. The fourth-order valence-corrected chi connectivity index (χ4v) is 3.43. The van der Waals surface area contributed by atoms with Crippen molar-refractivity contribution in [2.45, 2.75) is 32.0 Å². The largest absolute Gasteiger partial charge is 0.366 e. The first-order valence-electron chi connectivity index (χ1n) is 9.27.